The third-order valence-corrected chi connectivity index (χ3v) is 6.96. The number of ether oxygens (including phenoxy) is 2. The second-order valence-corrected chi connectivity index (χ2v) is 7.96. The summed E-state index contributed by atoms with van der Waals surface area (Å²) < 4.78 is 16.3. The maximum Gasteiger partial charge on any atom is 0.334 e. The van der Waals surface area contributed by atoms with Crippen LogP contribution >= 0.6 is 0 Å². The summed E-state index contributed by atoms with van der Waals surface area (Å²) in [6.07, 6.45) is 3.37. The van der Waals surface area contributed by atoms with Gasteiger partial charge in [0.2, 0.25) is 0 Å². The smallest absolute Gasteiger partial charge is 0.334 e. The van der Waals surface area contributed by atoms with Crippen molar-refractivity contribution in [3.05, 3.63) is 48.0 Å². The van der Waals surface area contributed by atoms with E-state index in [9.17, 15) is 19.8 Å². The van der Waals surface area contributed by atoms with Crippen LogP contribution in [0.15, 0.2) is 46.8 Å². The van der Waals surface area contributed by atoms with Crippen molar-refractivity contribution in [1.29, 1.82) is 0 Å². The molecule has 1 spiro atoms. The summed E-state index contributed by atoms with van der Waals surface area (Å²) in [6, 6.07) is 1.75. The van der Waals surface area contributed by atoms with E-state index in [0.717, 1.165) is 5.56 Å². The van der Waals surface area contributed by atoms with Gasteiger partial charge in [0.1, 0.15) is 12.2 Å². The number of aliphatic hydroxyl groups excluding tert-OH is 2. The first-order chi connectivity index (χ1) is 12.9. The van der Waals surface area contributed by atoms with Crippen LogP contribution in [-0.2, 0) is 19.1 Å². The molecule has 3 fully saturated rings. The number of cyclic esters (lactones) is 1. The van der Waals surface area contributed by atoms with Crippen molar-refractivity contribution in [1.82, 2.24) is 0 Å². The molecule has 1 saturated carbocycles. The maximum absolute atomic E-state index is 13.2. The number of furan rings is 1. The fourth-order valence-electron chi connectivity index (χ4n) is 5.69. The second-order valence-electron chi connectivity index (χ2n) is 7.96. The number of hydrogen-bond acceptors (Lipinski definition) is 7. The highest BCUT2D eigenvalue weighted by molar-refractivity contribution is 5.95. The average molecular weight is 372 g/mol. The van der Waals surface area contributed by atoms with Crippen molar-refractivity contribution in [2.45, 2.75) is 37.6 Å². The minimum absolute atomic E-state index is 0.226. The van der Waals surface area contributed by atoms with E-state index in [2.05, 4.69) is 6.58 Å². The van der Waals surface area contributed by atoms with Gasteiger partial charge in [-0.2, -0.15) is 0 Å². The van der Waals surface area contributed by atoms with Crippen molar-refractivity contribution in [2.75, 3.05) is 6.61 Å². The minimum atomic E-state index is -1.09. The van der Waals surface area contributed by atoms with E-state index in [4.69, 9.17) is 13.9 Å². The molecule has 27 heavy (non-hydrogen) atoms. The lowest BCUT2D eigenvalue weighted by Gasteiger charge is -2.54. The quantitative estimate of drug-likeness (QED) is 0.597. The Balaban J connectivity index is 1.66. The summed E-state index contributed by atoms with van der Waals surface area (Å²) in [5, 5.41) is 20.8. The molecule has 7 heteroatoms. The standard InChI is InChI=1S/C20H20O7/c1-10-4-16-20(9-21)13(17(23)27-16)5-12(22)6-15(20)19(10)7-14(26-18(19)24)11-2-3-25-8-11/h2-3,5,8,12,14-16,21-22H,1,4,6-7,9H2/t12-,14+,15-,16+,19+,20-/m1/s1. The maximum atomic E-state index is 13.2. The molecule has 0 amide bonds. The highest BCUT2D eigenvalue weighted by Crippen LogP contribution is 2.67. The van der Waals surface area contributed by atoms with Gasteiger partial charge in [-0.1, -0.05) is 12.2 Å². The first-order valence-electron chi connectivity index (χ1n) is 9.07. The molecule has 7 nitrogen and oxygen atoms in total. The van der Waals surface area contributed by atoms with Crippen LogP contribution in [0.2, 0.25) is 0 Å². The summed E-state index contributed by atoms with van der Waals surface area (Å²) >= 11 is 0. The van der Waals surface area contributed by atoms with Crippen molar-refractivity contribution in [3.8, 4) is 0 Å². The molecule has 1 aromatic heterocycles. The molecule has 142 valence electrons. The zero-order valence-electron chi connectivity index (χ0n) is 14.6. The molecule has 2 aliphatic carbocycles. The number of aliphatic hydroxyl groups is 2. The van der Waals surface area contributed by atoms with E-state index in [1.54, 1.807) is 6.07 Å². The van der Waals surface area contributed by atoms with Gasteiger partial charge in [-0.15, -0.1) is 0 Å². The molecule has 1 aromatic rings. The van der Waals surface area contributed by atoms with E-state index in [-0.39, 0.29) is 25.0 Å². The Kier molecular flexibility index (Phi) is 3.31. The predicted octanol–water partition coefficient (Wildman–Crippen LogP) is 1.43. The molecular weight excluding hydrogens is 352 g/mol. The van der Waals surface area contributed by atoms with Crippen LogP contribution in [0, 0.1) is 16.7 Å². The van der Waals surface area contributed by atoms with Gasteiger partial charge in [-0.05, 0) is 24.5 Å². The van der Waals surface area contributed by atoms with Gasteiger partial charge in [0.25, 0.3) is 0 Å². The van der Waals surface area contributed by atoms with Gasteiger partial charge in [-0.3, -0.25) is 4.79 Å². The van der Waals surface area contributed by atoms with Crippen molar-refractivity contribution in [2.24, 2.45) is 16.7 Å². The highest BCUT2D eigenvalue weighted by Gasteiger charge is 2.72. The summed E-state index contributed by atoms with van der Waals surface area (Å²) in [5.74, 6) is -1.50. The first kappa shape index (κ1) is 16.8. The fourth-order valence-corrected chi connectivity index (χ4v) is 5.69. The lowest BCUT2D eigenvalue weighted by atomic mass is 9.47. The number of carbonyl (C=O) groups is 2. The van der Waals surface area contributed by atoms with Crippen molar-refractivity contribution >= 4 is 11.9 Å². The van der Waals surface area contributed by atoms with Crippen molar-refractivity contribution in [3.63, 3.8) is 0 Å². The van der Waals surface area contributed by atoms with Gasteiger partial charge >= 0.3 is 11.9 Å². The Morgan fingerprint density at radius 3 is 2.81 bits per heavy atom. The third-order valence-electron chi connectivity index (χ3n) is 6.96. The molecule has 6 atom stereocenters. The zero-order chi connectivity index (χ0) is 19.0. The minimum Gasteiger partial charge on any atom is -0.472 e. The van der Waals surface area contributed by atoms with Crippen LogP contribution < -0.4 is 0 Å². The molecule has 0 unspecified atom stereocenters. The van der Waals surface area contributed by atoms with E-state index >= 15 is 0 Å². The zero-order valence-corrected chi connectivity index (χ0v) is 14.6. The SMILES string of the molecule is C=C1C[C@@H]2OC(=O)C3=C[C@@H](O)C[C@H]([C@]14C[C@@H](c1ccoc1)OC4=O)[C@@]32CO. The number of carbonyl (C=O) groups excluding carboxylic acids is 2. The van der Waals surface area contributed by atoms with E-state index in [1.165, 1.54) is 18.6 Å². The first-order valence-corrected chi connectivity index (χ1v) is 9.07. The predicted molar refractivity (Wildman–Crippen MR) is 89.9 cm³/mol. The molecular formula is C20H20O7. The summed E-state index contributed by atoms with van der Waals surface area (Å²) in [7, 11) is 0. The topological polar surface area (TPSA) is 106 Å². The summed E-state index contributed by atoms with van der Waals surface area (Å²) in [6.45, 7) is 3.80. The Morgan fingerprint density at radius 2 is 2.11 bits per heavy atom. The largest absolute Gasteiger partial charge is 0.472 e. The van der Waals surface area contributed by atoms with E-state index in [1.807, 2.05) is 0 Å². The number of fused-ring (bicyclic) bond motifs is 1. The van der Waals surface area contributed by atoms with Crippen LogP contribution in [0.5, 0.6) is 0 Å². The summed E-state index contributed by atoms with van der Waals surface area (Å²) in [5.41, 5.74) is -0.470. The molecule has 4 aliphatic rings. The molecule has 5 rings (SSSR count). The Hall–Kier alpha value is -2.38. The van der Waals surface area contributed by atoms with Gasteiger partial charge in [-0.25, -0.2) is 4.79 Å². The normalized spacial score (nSPS) is 42.7. The van der Waals surface area contributed by atoms with E-state index < -0.39 is 47.0 Å². The molecule has 0 radical (unpaired) electrons. The Morgan fingerprint density at radius 1 is 1.30 bits per heavy atom. The monoisotopic (exact) mass is 372 g/mol. The second kappa shape index (κ2) is 5.33. The third kappa shape index (κ3) is 1.88. The van der Waals surface area contributed by atoms with Gasteiger partial charge in [0, 0.05) is 24.0 Å². The Labute approximate surface area is 155 Å². The molecule has 2 saturated heterocycles. The van der Waals surface area contributed by atoms with Crippen LogP contribution in [0.1, 0.15) is 30.9 Å². The van der Waals surface area contributed by atoms with Gasteiger partial charge < -0.3 is 24.1 Å². The number of esters is 2. The number of hydrogen-bond donors (Lipinski definition) is 2. The van der Waals surface area contributed by atoms with Gasteiger partial charge in [0.05, 0.1) is 36.1 Å². The van der Waals surface area contributed by atoms with Crippen LogP contribution in [0.25, 0.3) is 0 Å². The fraction of sp³-hybridized carbons (Fsp3) is 0.500. The summed E-state index contributed by atoms with van der Waals surface area (Å²) in [4.78, 5) is 25.6. The highest BCUT2D eigenvalue weighted by atomic mass is 16.6. The molecule has 0 aromatic carbocycles. The molecule has 2 N–H and O–H groups in total. The molecule has 2 aliphatic heterocycles. The lowest BCUT2D eigenvalue weighted by molar-refractivity contribution is -0.159. The average Bonchev–Trinajstić information content (AvgIpc) is 3.33. The lowest BCUT2D eigenvalue weighted by Crippen LogP contribution is -2.59. The van der Waals surface area contributed by atoms with Crippen molar-refractivity contribution < 1.29 is 33.7 Å². The number of rotatable bonds is 2. The van der Waals surface area contributed by atoms with Gasteiger partial charge in [0.15, 0.2) is 0 Å². The van der Waals surface area contributed by atoms with E-state index in [0.29, 0.717) is 12.0 Å². The van der Waals surface area contributed by atoms with Crippen LogP contribution in [0.4, 0.5) is 0 Å². The molecule has 0 bridgehead atoms. The van der Waals surface area contributed by atoms with Crippen LogP contribution in [-0.4, -0.2) is 41.0 Å². The Bertz CT molecular complexity index is 869. The molecule has 3 heterocycles. The van der Waals surface area contributed by atoms with Crippen LogP contribution in [0.3, 0.4) is 0 Å².